The molecule has 0 saturated heterocycles. The van der Waals surface area contributed by atoms with Gasteiger partial charge in [-0.05, 0) is 47.9 Å². The number of halogens is 1. The maximum Gasteiger partial charge on any atom is 0.227 e. The molecule has 0 bridgehead atoms. The summed E-state index contributed by atoms with van der Waals surface area (Å²) in [6.45, 7) is 4.34. The third kappa shape index (κ3) is 2.36. The number of hydrogen-bond donors (Lipinski definition) is 0. The van der Waals surface area contributed by atoms with Crippen molar-refractivity contribution in [1.82, 2.24) is 4.98 Å². The van der Waals surface area contributed by atoms with Crippen molar-refractivity contribution in [3.63, 3.8) is 0 Å². The lowest BCUT2D eigenvalue weighted by Crippen LogP contribution is -1.85. The minimum atomic E-state index is 0.486. The van der Waals surface area contributed by atoms with Gasteiger partial charge in [0.25, 0.3) is 0 Å². The van der Waals surface area contributed by atoms with E-state index < -0.39 is 0 Å². The van der Waals surface area contributed by atoms with Crippen molar-refractivity contribution >= 4 is 22.7 Å². The summed E-state index contributed by atoms with van der Waals surface area (Å²) in [5, 5.41) is 0.710. The minimum Gasteiger partial charge on any atom is -0.436 e. The monoisotopic (exact) mass is 271 g/mol. The third-order valence-corrected chi connectivity index (χ3v) is 3.42. The number of aromatic nitrogens is 1. The van der Waals surface area contributed by atoms with Gasteiger partial charge in [0.2, 0.25) is 5.89 Å². The summed E-state index contributed by atoms with van der Waals surface area (Å²) in [6.07, 6.45) is 0. The Morgan fingerprint density at radius 3 is 2.47 bits per heavy atom. The molecule has 0 aliphatic heterocycles. The molecule has 96 valence electrons. The Labute approximate surface area is 117 Å². The number of rotatable bonds is 2. The average molecular weight is 272 g/mol. The van der Waals surface area contributed by atoms with Gasteiger partial charge < -0.3 is 4.42 Å². The molecule has 0 atom stereocenters. The summed E-state index contributed by atoms with van der Waals surface area (Å²) in [7, 11) is 0. The van der Waals surface area contributed by atoms with Crippen LogP contribution in [0.5, 0.6) is 0 Å². The number of hydrogen-bond acceptors (Lipinski definition) is 2. The minimum absolute atomic E-state index is 0.486. The molecule has 0 radical (unpaired) electrons. The van der Waals surface area contributed by atoms with Gasteiger partial charge in [0.05, 0.1) is 0 Å². The van der Waals surface area contributed by atoms with Crippen LogP contribution in [0.4, 0.5) is 0 Å². The molecule has 0 N–H and O–H groups in total. The molecule has 0 unspecified atom stereocenters. The fourth-order valence-electron chi connectivity index (χ4n) is 2.02. The number of oxazole rings is 1. The van der Waals surface area contributed by atoms with Crippen LogP contribution >= 0.6 is 11.6 Å². The summed E-state index contributed by atoms with van der Waals surface area (Å²) < 4.78 is 5.77. The fraction of sp³-hybridized carbons (Fsp3) is 0.188. The van der Waals surface area contributed by atoms with Gasteiger partial charge in [-0.25, -0.2) is 4.98 Å². The molecule has 2 aromatic carbocycles. The second kappa shape index (κ2) is 4.71. The van der Waals surface area contributed by atoms with E-state index in [0.717, 1.165) is 16.7 Å². The highest BCUT2D eigenvalue weighted by atomic mass is 35.5. The second-order valence-corrected chi connectivity index (χ2v) is 5.34. The topological polar surface area (TPSA) is 26.0 Å². The number of fused-ring (bicyclic) bond motifs is 1. The molecule has 2 nitrogen and oxygen atoms in total. The quantitative estimate of drug-likeness (QED) is 0.634. The first-order chi connectivity index (χ1) is 9.13. The van der Waals surface area contributed by atoms with E-state index in [9.17, 15) is 0 Å². The Balaban J connectivity index is 2.08. The Bertz CT molecular complexity index is 713. The summed E-state index contributed by atoms with van der Waals surface area (Å²) in [6, 6.07) is 13.7. The van der Waals surface area contributed by atoms with Crippen molar-refractivity contribution in [3.05, 3.63) is 53.1 Å². The van der Waals surface area contributed by atoms with E-state index in [4.69, 9.17) is 16.0 Å². The first-order valence-corrected chi connectivity index (χ1v) is 6.68. The van der Waals surface area contributed by atoms with Crippen LogP contribution in [0.15, 0.2) is 46.9 Å². The standard InChI is InChI=1S/C16H14ClNO/c1-10(2)12-5-8-15-14(9-12)18-16(19-15)11-3-6-13(17)7-4-11/h3-10H,1-2H3. The lowest BCUT2D eigenvalue weighted by atomic mass is 10.0. The zero-order valence-electron chi connectivity index (χ0n) is 10.9. The van der Waals surface area contributed by atoms with E-state index in [0.29, 0.717) is 16.8 Å². The fourth-order valence-corrected chi connectivity index (χ4v) is 2.15. The molecule has 0 aliphatic carbocycles. The van der Waals surface area contributed by atoms with Crippen molar-refractivity contribution in [3.8, 4) is 11.5 Å². The molecular formula is C16H14ClNO. The van der Waals surface area contributed by atoms with E-state index in [-0.39, 0.29) is 0 Å². The smallest absolute Gasteiger partial charge is 0.227 e. The van der Waals surface area contributed by atoms with Crippen molar-refractivity contribution in [2.75, 3.05) is 0 Å². The normalized spacial score (nSPS) is 11.4. The summed E-state index contributed by atoms with van der Waals surface area (Å²) in [5.41, 5.74) is 3.92. The Hall–Kier alpha value is -1.80. The second-order valence-electron chi connectivity index (χ2n) is 4.91. The van der Waals surface area contributed by atoms with Crippen LogP contribution in [-0.2, 0) is 0 Å². The van der Waals surface area contributed by atoms with Crippen LogP contribution in [0.2, 0.25) is 5.02 Å². The number of nitrogens with zero attached hydrogens (tertiary/aromatic N) is 1. The highest BCUT2D eigenvalue weighted by Gasteiger charge is 2.09. The molecular weight excluding hydrogens is 258 g/mol. The molecule has 0 amide bonds. The predicted molar refractivity (Wildman–Crippen MR) is 78.5 cm³/mol. The van der Waals surface area contributed by atoms with Crippen LogP contribution in [-0.4, -0.2) is 4.98 Å². The van der Waals surface area contributed by atoms with E-state index in [2.05, 4.69) is 31.0 Å². The molecule has 0 fully saturated rings. The third-order valence-electron chi connectivity index (χ3n) is 3.17. The summed E-state index contributed by atoms with van der Waals surface area (Å²) in [4.78, 5) is 4.55. The Kier molecular flexibility index (Phi) is 3.03. The van der Waals surface area contributed by atoms with Gasteiger partial charge >= 0.3 is 0 Å². The van der Waals surface area contributed by atoms with Crippen molar-refractivity contribution in [2.45, 2.75) is 19.8 Å². The van der Waals surface area contributed by atoms with Gasteiger partial charge in [0, 0.05) is 10.6 Å². The molecule has 0 saturated carbocycles. The van der Waals surface area contributed by atoms with Crippen LogP contribution < -0.4 is 0 Å². The summed E-state index contributed by atoms with van der Waals surface area (Å²) >= 11 is 5.88. The Morgan fingerprint density at radius 2 is 1.79 bits per heavy atom. The lowest BCUT2D eigenvalue weighted by Gasteiger charge is -2.02. The molecule has 1 heterocycles. The van der Waals surface area contributed by atoms with E-state index >= 15 is 0 Å². The van der Waals surface area contributed by atoms with Crippen LogP contribution in [0.1, 0.15) is 25.3 Å². The molecule has 3 rings (SSSR count). The van der Waals surface area contributed by atoms with Gasteiger partial charge in [-0.1, -0.05) is 31.5 Å². The highest BCUT2D eigenvalue weighted by molar-refractivity contribution is 6.30. The summed E-state index contributed by atoms with van der Waals surface area (Å²) in [5.74, 6) is 1.12. The van der Waals surface area contributed by atoms with Crippen LogP contribution in [0, 0.1) is 0 Å². The lowest BCUT2D eigenvalue weighted by molar-refractivity contribution is 0.619. The van der Waals surface area contributed by atoms with E-state index in [1.807, 2.05) is 30.3 Å². The largest absolute Gasteiger partial charge is 0.436 e. The van der Waals surface area contributed by atoms with Gasteiger partial charge in [-0.3, -0.25) is 0 Å². The molecule has 3 heteroatoms. The highest BCUT2D eigenvalue weighted by Crippen LogP contribution is 2.27. The molecule has 0 aliphatic rings. The average Bonchev–Trinajstić information content (AvgIpc) is 2.82. The van der Waals surface area contributed by atoms with Gasteiger partial charge in [-0.2, -0.15) is 0 Å². The number of benzene rings is 2. The maximum atomic E-state index is 5.88. The van der Waals surface area contributed by atoms with Gasteiger partial charge in [0.15, 0.2) is 5.58 Å². The van der Waals surface area contributed by atoms with E-state index in [1.54, 1.807) is 0 Å². The van der Waals surface area contributed by atoms with Crippen LogP contribution in [0.3, 0.4) is 0 Å². The first kappa shape index (κ1) is 12.2. The zero-order chi connectivity index (χ0) is 13.4. The van der Waals surface area contributed by atoms with Crippen LogP contribution in [0.25, 0.3) is 22.6 Å². The van der Waals surface area contributed by atoms with Crippen molar-refractivity contribution in [2.24, 2.45) is 0 Å². The zero-order valence-corrected chi connectivity index (χ0v) is 11.6. The van der Waals surface area contributed by atoms with Gasteiger partial charge in [-0.15, -0.1) is 0 Å². The Morgan fingerprint density at radius 1 is 1.05 bits per heavy atom. The van der Waals surface area contributed by atoms with Gasteiger partial charge in [0.1, 0.15) is 5.52 Å². The molecule has 19 heavy (non-hydrogen) atoms. The van der Waals surface area contributed by atoms with Crippen molar-refractivity contribution < 1.29 is 4.42 Å². The van der Waals surface area contributed by atoms with E-state index in [1.165, 1.54) is 5.56 Å². The SMILES string of the molecule is CC(C)c1ccc2oc(-c3ccc(Cl)cc3)nc2c1. The first-order valence-electron chi connectivity index (χ1n) is 6.30. The molecule has 0 spiro atoms. The van der Waals surface area contributed by atoms with Crippen molar-refractivity contribution in [1.29, 1.82) is 0 Å². The maximum absolute atomic E-state index is 5.88. The predicted octanol–water partition coefficient (Wildman–Crippen LogP) is 5.27. The molecule has 1 aromatic heterocycles. The molecule has 3 aromatic rings.